The average molecular weight is 369 g/mol. The Kier molecular flexibility index (Phi) is 3.40. The molecule has 2 aromatic heterocycles. The zero-order valence-corrected chi connectivity index (χ0v) is 13.6. The Bertz CT molecular complexity index is 1200. The molecule has 4 rings (SSSR count). The summed E-state index contributed by atoms with van der Waals surface area (Å²) in [5.41, 5.74) is -0.962. The van der Waals surface area contributed by atoms with Gasteiger partial charge in [-0.25, -0.2) is 4.98 Å². The molecule has 134 valence electrons. The molecule has 6 nitrogen and oxygen atoms in total. The van der Waals surface area contributed by atoms with E-state index in [1.54, 1.807) is 6.07 Å². The van der Waals surface area contributed by atoms with E-state index in [4.69, 9.17) is 5.26 Å². The second kappa shape index (κ2) is 5.45. The average Bonchev–Trinajstić information content (AvgIpc) is 3.36. The van der Waals surface area contributed by atoms with Crippen LogP contribution in [0.3, 0.4) is 0 Å². The molecule has 2 heterocycles. The summed E-state index contributed by atoms with van der Waals surface area (Å²) < 4.78 is 39.5. The fraction of sp³-hybridized carbons (Fsp3) is 0.222. The highest BCUT2D eigenvalue weighted by molar-refractivity contribution is 5.63. The Labute approximate surface area is 150 Å². The summed E-state index contributed by atoms with van der Waals surface area (Å²) in [5, 5.41) is 21.4. The Morgan fingerprint density at radius 1 is 1.15 bits per heavy atom. The van der Waals surface area contributed by atoms with E-state index in [1.165, 1.54) is 12.1 Å². The van der Waals surface area contributed by atoms with Gasteiger partial charge in [-0.05, 0) is 30.5 Å². The minimum absolute atomic E-state index is 0.0923. The Hall–Kier alpha value is -3.59. The van der Waals surface area contributed by atoms with E-state index < -0.39 is 22.7 Å². The minimum Gasteiger partial charge on any atom is -0.291 e. The molecule has 1 N–H and O–H groups in total. The van der Waals surface area contributed by atoms with Crippen molar-refractivity contribution in [3.05, 3.63) is 68.8 Å². The zero-order valence-electron chi connectivity index (χ0n) is 13.6. The number of hydrogen-bond acceptors (Lipinski definition) is 4. The second-order valence-electron chi connectivity index (χ2n) is 6.38. The Balaban J connectivity index is 1.89. The van der Waals surface area contributed by atoms with E-state index in [9.17, 15) is 23.2 Å². The van der Waals surface area contributed by atoms with Crippen LogP contribution in [0.25, 0.3) is 5.65 Å². The number of aromatic nitrogens is 3. The number of hydrogen-bond donors (Lipinski definition) is 1. The number of H-pyrrole nitrogens is 1. The summed E-state index contributed by atoms with van der Waals surface area (Å²) in [6.07, 6.45) is -2.10. The third-order valence-corrected chi connectivity index (χ3v) is 4.88. The number of benzene rings is 1. The zero-order chi connectivity index (χ0) is 19.4. The van der Waals surface area contributed by atoms with E-state index >= 15 is 0 Å². The molecule has 1 fully saturated rings. The van der Waals surface area contributed by atoms with Gasteiger partial charge in [0.05, 0.1) is 17.5 Å². The summed E-state index contributed by atoms with van der Waals surface area (Å²) in [6, 6.07) is 8.53. The first-order chi connectivity index (χ1) is 12.8. The highest BCUT2D eigenvalue weighted by Gasteiger charge is 2.49. The lowest BCUT2D eigenvalue weighted by molar-refractivity contribution is -0.137. The van der Waals surface area contributed by atoms with Gasteiger partial charge in [0.2, 0.25) is 0 Å². The quantitative estimate of drug-likeness (QED) is 0.751. The van der Waals surface area contributed by atoms with Crippen LogP contribution in [-0.4, -0.2) is 14.6 Å². The van der Waals surface area contributed by atoms with Gasteiger partial charge >= 0.3 is 6.18 Å². The third-order valence-electron chi connectivity index (χ3n) is 4.88. The molecule has 3 aromatic rings. The number of halogens is 3. The molecule has 27 heavy (non-hydrogen) atoms. The molecule has 0 spiro atoms. The van der Waals surface area contributed by atoms with Crippen LogP contribution in [0.2, 0.25) is 0 Å². The van der Waals surface area contributed by atoms with Crippen LogP contribution >= 0.6 is 0 Å². The molecule has 1 aromatic carbocycles. The largest absolute Gasteiger partial charge is 0.416 e. The van der Waals surface area contributed by atoms with Crippen molar-refractivity contribution in [2.45, 2.75) is 24.4 Å². The van der Waals surface area contributed by atoms with E-state index in [0.29, 0.717) is 24.1 Å². The van der Waals surface area contributed by atoms with Gasteiger partial charge in [-0.3, -0.25) is 9.89 Å². The van der Waals surface area contributed by atoms with Crippen LogP contribution < -0.4 is 5.56 Å². The lowest BCUT2D eigenvalue weighted by Gasteiger charge is -2.15. The summed E-state index contributed by atoms with van der Waals surface area (Å²) in [7, 11) is 0. The topological polar surface area (TPSA) is 97.7 Å². The molecular formula is C18H10F3N5O. The smallest absolute Gasteiger partial charge is 0.291 e. The summed E-state index contributed by atoms with van der Waals surface area (Å²) in [6.45, 7) is 0. The molecule has 0 unspecified atom stereocenters. The predicted molar refractivity (Wildman–Crippen MR) is 86.7 cm³/mol. The van der Waals surface area contributed by atoms with Crippen LogP contribution in [0, 0.1) is 22.7 Å². The molecule has 0 aliphatic heterocycles. The molecule has 1 aliphatic rings. The number of nitrogens with one attached hydrogen (secondary N) is 1. The lowest BCUT2D eigenvalue weighted by Crippen LogP contribution is -2.18. The summed E-state index contributed by atoms with van der Waals surface area (Å²) >= 11 is 0. The van der Waals surface area contributed by atoms with E-state index in [1.807, 2.05) is 6.07 Å². The molecule has 0 radical (unpaired) electrons. The monoisotopic (exact) mass is 369 g/mol. The van der Waals surface area contributed by atoms with Gasteiger partial charge in [0, 0.05) is 5.41 Å². The number of aromatic amines is 1. The second-order valence-corrected chi connectivity index (χ2v) is 6.38. The number of nitriles is 2. The van der Waals surface area contributed by atoms with Crippen LogP contribution in [0.4, 0.5) is 13.2 Å². The van der Waals surface area contributed by atoms with Crippen molar-refractivity contribution >= 4 is 5.65 Å². The van der Waals surface area contributed by atoms with Gasteiger partial charge < -0.3 is 0 Å². The van der Waals surface area contributed by atoms with Gasteiger partial charge in [-0.1, -0.05) is 12.1 Å². The molecule has 0 bridgehead atoms. The van der Waals surface area contributed by atoms with Crippen molar-refractivity contribution in [2.24, 2.45) is 0 Å². The first kappa shape index (κ1) is 16.9. The van der Waals surface area contributed by atoms with E-state index in [0.717, 1.165) is 22.8 Å². The molecule has 0 amide bonds. The van der Waals surface area contributed by atoms with Gasteiger partial charge in [-0.2, -0.15) is 28.2 Å². The van der Waals surface area contributed by atoms with E-state index in [-0.39, 0.29) is 16.8 Å². The van der Waals surface area contributed by atoms with Crippen molar-refractivity contribution in [1.29, 1.82) is 10.5 Å². The van der Waals surface area contributed by atoms with Crippen LogP contribution in [0.1, 0.15) is 40.8 Å². The van der Waals surface area contributed by atoms with Crippen molar-refractivity contribution in [3.63, 3.8) is 0 Å². The molecular weight excluding hydrogens is 359 g/mol. The standard InChI is InChI=1S/C18H10F3N5O/c19-18(20,21)12-3-1-11(2-4-12)17(5-6-17)14-13(8-23)15-24-9-10(7-22)16(27)26(15)25-14/h1-4,9,25H,5-6H2. The maximum absolute atomic E-state index is 12.8. The third kappa shape index (κ3) is 2.40. The minimum atomic E-state index is -4.43. The molecule has 0 saturated heterocycles. The molecule has 1 saturated carbocycles. The van der Waals surface area contributed by atoms with Crippen LogP contribution in [0.15, 0.2) is 35.3 Å². The van der Waals surface area contributed by atoms with Crippen LogP contribution in [-0.2, 0) is 11.6 Å². The van der Waals surface area contributed by atoms with Gasteiger partial charge in [-0.15, -0.1) is 0 Å². The number of alkyl halides is 3. The van der Waals surface area contributed by atoms with Gasteiger partial charge in [0.25, 0.3) is 5.56 Å². The maximum atomic E-state index is 12.8. The molecule has 9 heteroatoms. The van der Waals surface area contributed by atoms with Crippen molar-refractivity contribution < 1.29 is 13.2 Å². The van der Waals surface area contributed by atoms with Crippen molar-refractivity contribution in [3.8, 4) is 12.1 Å². The van der Waals surface area contributed by atoms with E-state index in [2.05, 4.69) is 10.1 Å². The maximum Gasteiger partial charge on any atom is 0.416 e. The molecule has 0 atom stereocenters. The highest BCUT2D eigenvalue weighted by Crippen LogP contribution is 2.54. The lowest BCUT2D eigenvalue weighted by atomic mass is 9.89. The van der Waals surface area contributed by atoms with Crippen molar-refractivity contribution in [2.75, 3.05) is 0 Å². The first-order valence-corrected chi connectivity index (χ1v) is 7.94. The number of rotatable bonds is 2. The predicted octanol–water partition coefficient (Wildman–Crippen LogP) is 2.86. The normalized spacial score (nSPS) is 15.3. The van der Waals surface area contributed by atoms with Crippen LogP contribution in [0.5, 0.6) is 0 Å². The highest BCUT2D eigenvalue weighted by atomic mass is 19.4. The van der Waals surface area contributed by atoms with Gasteiger partial charge in [0.1, 0.15) is 23.3 Å². The fourth-order valence-electron chi connectivity index (χ4n) is 3.33. The summed E-state index contributed by atoms with van der Waals surface area (Å²) in [5.74, 6) is 0. The SMILES string of the molecule is N#Cc1cnc2c(C#N)c(C3(c4ccc(C(F)(F)F)cc4)CC3)[nH]n2c1=O. The fourth-order valence-corrected chi connectivity index (χ4v) is 3.33. The Morgan fingerprint density at radius 3 is 2.33 bits per heavy atom. The summed E-state index contributed by atoms with van der Waals surface area (Å²) in [4.78, 5) is 16.3. The number of nitrogens with zero attached hydrogens (tertiary/aromatic N) is 4. The van der Waals surface area contributed by atoms with Gasteiger partial charge in [0.15, 0.2) is 5.65 Å². The van der Waals surface area contributed by atoms with Crippen molar-refractivity contribution in [1.82, 2.24) is 14.6 Å². The number of fused-ring (bicyclic) bond motifs is 1. The Morgan fingerprint density at radius 2 is 1.81 bits per heavy atom. The first-order valence-electron chi connectivity index (χ1n) is 7.94. The molecule has 1 aliphatic carbocycles.